The predicted molar refractivity (Wildman–Crippen MR) is 135 cm³/mol. The average Bonchev–Trinajstić information content (AvgIpc) is 3.30. The van der Waals surface area contributed by atoms with Gasteiger partial charge in [-0.25, -0.2) is 4.79 Å². The van der Waals surface area contributed by atoms with Crippen LogP contribution >= 0.6 is 0 Å². The van der Waals surface area contributed by atoms with Gasteiger partial charge >= 0.3 is 5.97 Å². The van der Waals surface area contributed by atoms with E-state index in [1.54, 1.807) is 0 Å². The molecule has 2 aromatic carbocycles. The van der Waals surface area contributed by atoms with Gasteiger partial charge in [-0.1, -0.05) is 48.9 Å². The monoisotopic (exact) mass is 480 g/mol. The Morgan fingerprint density at radius 2 is 1.66 bits per heavy atom. The molecule has 2 heterocycles. The number of carboxylic acids is 1. The van der Waals surface area contributed by atoms with Crippen molar-refractivity contribution in [3.8, 4) is 0 Å². The minimum Gasteiger partial charge on any atom is -0.480 e. The van der Waals surface area contributed by atoms with Gasteiger partial charge in [-0.05, 0) is 42.6 Å². The van der Waals surface area contributed by atoms with E-state index in [9.17, 15) is 4.79 Å². The summed E-state index contributed by atoms with van der Waals surface area (Å²) in [6, 6.07) is 20.2. The van der Waals surface area contributed by atoms with E-state index in [1.807, 2.05) is 0 Å². The molecule has 7 heteroatoms. The molecule has 7 nitrogen and oxygen atoms in total. The van der Waals surface area contributed by atoms with Crippen LogP contribution in [0.3, 0.4) is 0 Å². The molecule has 35 heavy (non-hydrogen) atoms. The molecule has 0 spiro atoms. The molecule has 1 aliphatic heterocycles. The molecule has 0 amide bonds. The number of benzene rings is 2. The zero-order valence-corrected chi connectivity index (χ0v) is 20.3. The Morgan fingerprint density at radius 3 is 2.46 bits per heavy atom. The quantitative estimate of drug-likeness (QED) is 0.343. The average molecular weight is 481 g/mol. The van der Waals surface area contributed by atoms with Gasteiger partial charge in [0.1, 0.15) is 6.61 Å². The molecule has 0 bridgehead atoms. The third-order valence-electron chi connectivity index (χ3n) is 6.52. The molecule has 1 aliphatic rings. The van der Waals surface area contributed by atoms with Crippen LogP contribution in [0.5, 0.6) is 0 Å². The molecule has 3 aromatic rings. The second-order valence-electron chi connectivity index (χ2n) is 8.92. The van der Waals surface area contributed by atoms with Crippen LogP contribution in [-0.2, 0) is 32.1 Å². The number of carbonyl (C=O) groups is 1. The highest BCUT2D eigenvalue weighted by atomic mass is 16.5. The molecule has 4 rings (SSSR count). The van der Waals surface area contributed by atoms with Gasteiger partial charge in [-0.15, -0.1) is 0 Å². The third-order valence-corrected chi connectivity index (χ3v) is 6.52. The van der Waals surface area contributed by atoms with E-state index in [0.717, 1.165) is 19.6 Å². The van der Waals surface area contributed by atoms with Gasteiger partial charge in [0, 0.05) is 36.2 Å². The van der Waals surface area contributed by atoms with Crippen molar-refractivity contribution in [2.45, 2.75) is 38.4 Å². The second kappa shape index (κ2) is 13.4. The molecule has 1 saturated heterocycles. The lowest BCUT2D eigenvalue weighted by Crippen LogP contribution is -2.32. The fourth-order valence-corrected chi connectivity index (χ4v) is 4.83. The Kier molecular flexibility index (Phi) is 9.72. The van der Waals surface area contributed by atoms with Gasteiger partial charge in [-0.2, -0.15) is 0 Å². The smallest absolute Gasteiger partial charge is 0.329 e. The summed E-state index contributed by atoms with van der Waals surface area (Å²) in [4.78, 5) is 13.0. The van der Waals surface area contributed by atoms with Crippen molar-refractivity contribution < 1.29 is 24.1 Å². The summed E-state index contributed by atoms with van der Waals surface area (Å²) in [6.07, 6.45) is 5.92. The molecule has 1 atom stereocenters. The van der Waals surface area contributed by atoms with Crippen molar-refractivity contribution >= 4 is 16.9 Å². The molecular formula is C28H36N2O5. The van der Waals surface area contributed by atoms with E-state index in [-0.39, 0.29) is 13.2 Å². The highest BCUT2D eigenvalue weighted by Gasteiger charge is 2.24. The number of ether oxygens (including phenoxy) is 3. The van der Waals surface area contributed by atoms with Crippen LogP contribution in [-0.4, -0.2) is 66.7 Å². The Balaban J connectivity index is 1.26. The summed E-state index contributed by atoms with van der Waals surface area (Å²) in [5.74, 6) is -0.971. The van der Waals surface area contributed by atoms with Crippen LogP contribution in [0.25, 0.3) is 10.9 Å². The van der Waals surface area contributed by atoms with Gasteiger partial charge in [0.15, 0.2) is 0 Å². The molecule has 1 aromatic heterocycles. The summed E-state index contributed by atoms with van der Waals surface area (Å²) in [6.45, 7) is 4.79. The first-order valence-corrected chi connectivity index (χ1v) is 12.5. The summed E-state index contributed by atoms with van der Waals surface area (Å²) in [5, 5.41) is 9.82. The van der Waals surface area contributed by atoms with Crippen molar-refractivity contribution in [1.29, 1.82) is 0 Å². The van der Waals surface area contributed by atoms with Gasteiger partial charge < -0.3 is 23.9 Å². The van der Waals surface area contributed by atoms with Crippen LogP contribution < -0.4 is 0 Å². The van der Waals surface area contributed by atoms with Crippen molar-refractivity contribution in [2.24, 2.45) is 0 Å². The maximum absolute atomic E-state index is 10.4. The van der Waals surface area contributed by atoms with Crippen LogP contribution in [0.1, 0.15) is 36.4 Å². The van der Waals surface area contributed by atoms with Gasteiger partial charge in [0.25, 0.3) is 0 Å². The van der Waals surface area contributed by atoms with E-state index in [1.165, 1.54) is 41.3 Å². The first-order chi connectivity index (χ1) is 17.2. The van der Waals surface area contributed by atoms with E-state index in [2.05, 4.69) is 70.3 Å². The highest BCUT2D eigenvalue weighted by molar-refractivity contribution is 5.83. The van der Waals surface area contributed by atoms with Crippen LogP contribution in [0.4, 0.5) is 0 Å². The minimum atomic E-state index is -0.971. The van der Waals surface area contributed by atoms with Gasteiger partial charge in [0.05, 0.1) is 33.0 Å². The Morgan fingerprint density at radius 1 is 0.886 bits per heavy atom. The van der Waals surface area contributed by atoms with Gasteiger partial charge in [0.2, 0.25) is 0 Å². The number of aliphatic carboxylic acids is 1. The fourth-order valence-electron chi connectivity index (χ4n) is 4.83. The number of hydrogen-bond donors (Lipinski definition) is 1. The number of rotatable bonds is 14. The molecule has 1 N–H and O–H groups in total. The first-order valence-electron chi connectivity index (χ1n) is 12.5. The zero-order valence-electron chi connectivity index (χ0n) is 20.3. The molecule has 0 radical (unpaired) electrons. The summed E-state index contributed by atoms with van der Waals surface area (Å²) < 4.78 is 18.3. The number of nitrogens with zero attached hydrogens (tertiary/aromatic N) is 2. The van der Waals surface area contributed by atoms with Crippen molar-refractivity contribution in [1.82, 2.24) is 9.47 Å². The van der Waals surface area contributed by atoms with Crippen molar-refractivity contribution in [3.05, 3.63) is 71.9 Å². The number of carboxylic acid groups (broad SMARTS) is 1. The van der Waals surface area contributed by atoms with E-state index < -0.39 is 5.97 Å². The summed E-state index contributed by atoms with van der Waals surface area (Å²) >= 11 is 0. The molecular weight excluding hydrogens is 444 g/mol. The SMILES string of the molecule is O=C(O)COCCOCCOCCn1ccc2c(CN3CCCCC3c3ccccc3)cccc21. The van der Waals surface area contributed by atoms with Crippen molar-refractivity contribution in [3.63, 3.8) is 0 Å². The van der Waals surface area contributed by atoms with Crippen LogP contribution in [0.15, 0.2) is 60.8 Å². The lowest BCUT2D eigenvalue weighted by atomic mass is 9.94. The lowest BCUT2D eigenvalue weighted by molar-refractivity contribution is -0.142. The zero-order chi connectivity index (χ0) is 24.3. The third kappa shape index (κ3) is 7.39. The normalized spacial score (nSPS) is 16.6. The number of hydrogen-bond acceptors (Lipinski definition) is 5. The highest BCUT2D eigenvalue weighted by Crippen LogP contribution is 2.33. The topological polar surface area (TPSA) is 73.2 Å². The molecule has 1 fully saturated rings. The van der Waals surface area contributed by atoms with Crippen LogP contribution in [0.2, 0.25) is 0 Å². The largest absolute Gasteiger partial charge is 0.480 e. The maximum atomic E-state index is 10.4. The number of fused-ring (bicyclic) bond motifs is 1. The van der Waals surface area contributed by atoms with Gasteiger partial charge in [-0.3, -0.25) is 4.90 Å². The lowest BCUT2D eigenvalue weighted by Gasteiger charge is -2.36. The summed E-state index contributed by atoms with van der Waals surface area (Å²) in [5.41, 5.74) is 4.04. The Bertz CT molecular complexity index is 1050. The molecule has 0 aliphatic carbocycles. The van der Waals surface area contributed by atoms with Crippen molar-refractivity contribution in [2.75, 3.05) is 46.2 Å². The maximum Gasteiger partial charge on any atom is 0.329 e. The standard InChI is InChI=1S/C28H36N2O5/c31-28(32)22-35-20-19-34-18-17-33-16-15-29-14-12-25-24(9-6-11-27(25)29)21-30-13-5-4-10-26(30)23-7-2-1-3-8-23/h1-3,6-9,11-12,14,26H,4-5,10,13,15-22H2,(H,31,32). The second-order valence-corrected chi connectivity index (χ2v) is 8.92. The van der Waals surface area contributed by atoms with Crippen LogP contribution in [0, 0.1) is 0 Å². The number of aromatic nitrogens is 1. The first kappa shape index (κ1) is 25.4. The predicted octanol–water partition coefficient (Wildman–Crippen LogP) is 4.50. The Labute approximate surface area is 207 Å². The number of piperidine rings is 1. The Hall–Kier alpha value is -2.71. The molecule has 188 valence electrons. The molecule has 1 unspecified atom stereocenters. The fraction of sp³-hybridized carbons (Fsp3) is 0.464. The minimum absolute atomic E-state index is 0.271. The van der Waals surface area contributed by atoms with E-state index in [0.29, 0.717) is 32.5 Å². The number of likely N-dealkylation sites (tertiary alicyclic amines) is 1. The molecule has 0 saturated carbocycles. The van der Waals surface area contributed by atoms with E-state index in [4.69, 9.17) is 19.3 Å². The van der Waals surface area contributed by atoms with E-state index >= 15 is 0 Å². The summed E-state index contributed by atoms with van der Waals surface area (Å²) in [7, 11) is 0.